The van der Waals surface area contributed by atoms with Crippen LogP contribution in [0.25, 0.3) is 0 Å². The molecule has 0 aliphatic carbocycles. The average Bonchev–Trinajstić information content (AvgIpc) is 2.98. The van der Waals surface area contributed by atoms with E-state index in [1.165, 1.54) is 17.0 Å². The summed E-state index contributed by atoms with van der Waals surface area (Å²) in [7, 11) is 1.93. The predicted octanol–water partition coefficient (Wildman–Crippen LogP) is 3.39. The van der Waals surface area contributed by atoms with Crippen LogP contribution in [0.3, 0.4) is 0 Å². The quantitative estimate of drug-likeness (QED) is 0.627. The summed E-state index contributed by atoms with van der Waals surface area (Å²) in [4.78, 5) is 11.4. The van der Waals surface area contributed by atoms with E-state index in [0.29, 0.717) is 12.4 Å². The van der Waals surface area contributed by atoms with Crippen LogP contribution in [0.1, 0.15) is 17.3 Å². The summed E-state index contributed by atoms with van der Waals surface area (Å²) < 4.78 is 5.61. The largest absolute Gasteiger partial charge is 0.494 e. The van der Waals surface area contributed by atoms with Crippen LogP contribution < -0.4 is 10.1 Å². The molecule has 0 spiro atoms. The van der Waals surface area contributed by atoms with Gasteiger partial charge < -0.3 is 10.1 Å². The van der Waals surface area contributed by atoms with E-state index in [9.17, 15) is 10.1 Å². The summed E-state index contributed by atoms with van der Waals surface area (Å²) in [5.74, 6) is 0.650. The van der Waals surface area contributed by atoms with Crippen LogP contribution in [-0.2, 0) is 0 Å². The van der Waals surface area contributed by atoms with Gasteiger partial charge in [-0.2, -0.15) is 0 Å². The van der Waals surface area contributed by atoms with E-state index in [1.807, 2.05) is 13.1 Å². The fraction of sp³-hybridized carbons (Fsp3) is 0.286. The lowest BCUT2D eigenvalue weighted by Crippen LogP contribution is -2.18. The zero-order chi connectivity index (χ0) is 14.4. The topological polar surface area (TPSA) is 64.4 Å². The molecule has 1 heterocycles. The number of thiophene rings is 1. The van der Waals surface area contributed by atoms with Crippen molar-refractivity contribution in [2.45, 2.75) is 12.5 Å². The normalized spacial score (nSPS) is 12.1. The molecule has 2 rings (SSSR count). The molecule has 2 aromatic rings. The molecule has 6 heteroatoms. The molecule has 0 saturated carbocycles. The van der Waals surface area contributed by atoms with E-state index in [0.717, 1.165) is 6.42 Å². The van der Waals surface area contributed by atoms with Gasteiger partial charge in [-0.1, -0.05) is 6.07 Å². The van der Waals surface area contributed by atoms with E-state index >= 15 is 0 Å². The second kappa shape index (κ2) is 7.02. The van der Waals surface area contributed by atoms with Gasteiger partial charge in [0, 0.05) is 29.5 Å². The molecule has 5 nitrogen and oxygen atoms in total. The van der Waals surface area contributed by atoms with Gasteiger partial charge in [-0.15, -0.1) is 11.3 Å². The Morgan fingerprint density at radius 1 is 1.35 bits per heavy atom. The van der Waals surface area contributed by atoms with Gasteiger partial charge in [0.2, 0.25) is 0 Å². The maximum Gasteiger partial charge on any atom is 0.269 e. The SMILES string of the molecule is CNC(CCOc1ccc([N+](=O)[O-])cc1)c1cccs1. The Bertz CT molecular complexity index is 540. The molecule has 0 saturated heterocycles. The first-order chi connectivity index (χ1) is 9.70. The Labute approximate surface area is 121 Å². The second-order valence-electron chi connectivity index (χ2n) is 4.24. The molecule has 106 valence electrons. The van der Waals surface area contributed by atoms with E-state index in [1.54, 1.807) is 23.5 Å². The van der Waals surface area contributed by atoms with Gasteiger partial charge in [-0.05, 0) is 30.6 Å². The van der Waals surface area contributed by atoms with Crippen molar-refractivity contribution in [3.8, 4) is 5.75 Å². The Balaban J connectivity index is 1.84. The highest BCUT2D eigenvalue weighted by atomic mass is 32.1. The molecule has 0 bridgehead atoms. The number of nitro groups is 1. The number of hydrogen-bond acceptors (Lipinski definition) is 5. The first-order valence-electron chi connectivity index (χ1n) is 6.28. The number of nitrogens with one attached hydrogen (secondary N) is 1. The maximum atomic E-state index is 10.5. The minimum Gasteiger partial charge on any atom is -0.494 e. The van der Waals surface area contributed by atoms with Crippen LogP contribution in [-0.4, -0.2) is 18.6 Å². The lowest BCUT2D eigenvalue weighted by molar-refractivity contribution is -0.384. The lowest BCUT2D eigenvalue weighted by atomic mass is 10.2. The van der Waals surface area contributed by atoms with Crippen LogP contribution in [0.5, 0.6) is 5.75 Å². The lowest BCUT2D eigenvalue weighted by Gasteiger charge is -2.14. The van der Waals surface area contributed by atoms with Crippen molar-refractivity contribution in [2.24, 2.45) is 0 Å². The van der Waals surface area contributed by atoms with E-state index < -0.39 is 4.92 Å². The zero-order valence-electron chi connectivity index (χ0n) is 11.1. The van der Waals surface area contributed by atoms with Crippen molar-refractivity contribution in [1.82, 2.24) is 5.32 Å². The minimum absolute atomic E-state index is 0.0732. The molecule has 1 atom stereocenters. The molecule has 0 aliphatic heterocycles. The molecule has 20 heavy (non-hydrogen) atoms. The Hall–Kier alpha value is -1.92. The number of rotatable bonds is 7. The maximum absolute atomic E-state index is 10.5. The molecular formula is C14H16N2O3S. The highest BCUT2D eigenvalue weighted by molar-refractivity contribution is 7.10. The number of nitrogens with zero attached hydrogens (tertiary/aromatic N) is 1. The van der Waals surface area contributed by atoms with Crippen molar-refractivity contribution >= 4 is 17.0 Å². The monoisotopic (exact) mass is 292 g/mol. The number of hydrogen-bond donors (Lipinski definition) is 1. The molecule has 0 amide bonds. The van der Waals surface area contributed by atoms with Crippen molar-refractivity contribution in [3.05, 3.63) is 56.8 Å². The van der Waals surface area contributed by atoms with Crippen LogP contribution in [0.15, 0.2) is 41.8 Å². The van der Waals surface area contributed by atoms with Crippen LogP contribution in [0, 0.1) is 10.1 Å². The Morgan fingerprint density at radius 3 is 2.65 bits per heavy atom. The van der Waals surface area contributed by atoms with Crippen molar-refractivity contribution in [2.75, 3.05) is 13.7 Å². The zero-order valence-corrected chi connectivity index (χ0v) is 11.9. The molecular weight excluding hydrogens is 276 g/mol. The van der Waals surface area contributed by atoms with Gasteiger partial charge in [0.25, 0.3) is 5.69 Å². The number of nitro benzene ring substituents is 1. The average molecular weight is 292 g/mol. The van der Waals surface area contributed by atoms with E-state index in [-0.39, 0.29) is 11.7 Å². The van der Waals surface area contributed by atoms with Crippen molar-refractivity contribution < 1.29 is 9.66 Å². The molecule has 1 aromatic carbocycles. The van der Waals surface area contributed by atoms with E-state index in [4.69, 9.17) is 4.74 Å². The molecule has 0 fully saturated rings. The summed E-state index contributed by atoms with van der Waals surface area (Å²) in [5.41, 5.74) is 0.0732. The number of benzene rings is 1. The minimum atomic E-state index is -0.419. The third kappa shape index (κ3) is 3.79. The van der Waals surface area contributed by atoms with Crippen LogP contribution in [0.4, 0.5) is 5.69 Å². The molecule has 1 N–H and O–H groups in total. The molecule has 1 aromatic heterocycles. The summed E-state index contributed by atoms with van der Waals surface area (Å²) in [6.07, 6.45) is 0.841. The fourth-order valence-electron chi connectivity index (χ4n) is 1.88. The highest BCUT2D eigenvalue weighted by Gasteiger charge is 2.10. The van der Waals surface area contributed by atoms with Gasteiger partial charge in [0.15, 0.2) is 0 Å². The van der Waals surface area contributed by atoms with Gasteiger partial charge in [-0.3, -0.25) is 10.1 Å². The fourth-order valence-corrected chi connectivity index (χ4v) is 2.75. The summed E-state index contributed by atoms with van der Waals surface area (Å²) in [5, 5.41) is 15.9. The van der Waals surface area contributed by atoms with Crippen LogP contribution in [0.2, 0.25) is 0 Å². The van der Waals surface area contributed by atoms with Crippen molar-refractivity contribution in [1.29, 1.82) is 0 Å². The standard InChI is InChI=1S/C14H16N2O3S/c1-15-13(14-3-2-10-20-14)8-9-19-12-6-4-11(5-7-12)16(17)18/h2-7,10,13,15H,8-9H2,1H3. The third-order valence-corrected chi connectivity index (χ3v) is 3.94. The number of non-ortho nitro benzene ring substituents is 1. The first kappa shape index (κ1) is 14.5. The molecule has 1 unspecified atom stereocenters. The second-order valence-corrected chi connectivity index (χ2v) is 5.22. The predicted molar refractivity (Wildman–Crippen MR) is 79.3 cm³/mol. The van der Waals surface area contributed by atoms with Crippen molar-refractivity contribution in [3.63, 3.8) is 0 Å². The van der Waals surface area contributed by atoms with Gasteiger partial charge in [0.1, 0.15) is 5.75 Å². The Morgan fingerprint density at radius 2 is 2.10 bits per heavy atom. The molecule has 0 aliphatic rings. The first-order valence-corrected chi connectivity index (χ1v) is 7.16. The van der Waals surface area contributed by atoms with Gasteiger partial charge in [-0.25, -0.2) is 0 Å². The van der Waals surface area contributed by atoms with E-state index in [2.05, 4.69) is 16.8 Å². The van der Waals surface area contributed by atoms with Gasteiger partial charge >= 0.3 is 0 Å². The number of ether oxygens (including phenoxy) is 1. The summed E-state index contributed by atoms with van der Waals surface area (Å²) in [6, 6.07) is 10.5. The summed E-state index contributed by atoms with van der Waals surface area (Å²) in [6.45, 7) is 0.557. The Kier molecular flexibility index (Phi) is 5.09. The smallest absolute Gasteiger partial charge is 0.269 e. The highest BCUT2D eigenvalue weighted by Crippen LogP contribution is 2.22. The summed E-state index contributed by atoms with van der Waals surface area (Å²) >= 11 is 1.71. The molecule has 0 radical (unpaired) electrons. The van der Waals surface area contributed by atoms with Gasteiger partial charge in [0.05, 0.1) is 11.5 Å². The van der Waals surface area contributed by atoms with Crippen LogP contribution >= 0.6 is 11.3 Å². The third-order valence-electron chi connectivity index (χ3n) is 2.96.